The Balaban J connectivity index is 1.53. The number of benzene rings is 1. The maximum atomic E-state index is 13.2. The lowest BCUT2D eigenvalue weighted by atomic mass is 9.79. The molecule has 0 amide bonds. The summed E-state index contributed by atoms with van der Waals surface area (Å²) in [7, 11) is -0.782. The van der Waals surface area contributed by atoms with Crippen LogP contribution in [0.3, 0.4) is 0 Å². The molecule has 0 spiro atoms. The van der Waals surface area contributed by atoms with E-state index >= 15 is 0 Å². The fourth-order valence-electron chi connectivity index (χ4n) is 4.61. The Bertz CT molecular complexity index is 1450. The summed E-state index contributed by atoms with van der Waals surface area (Å²) in [6.07, 6.45) is 0.109. The Hall–Kier alpha value is -3.49. The monoisotopic (exact) mass is 599 g/mol. The Morgan fingerprint density at radius 3 is 2.52 bits per heavy atom. The number of hydrogen-bond acceptors (Lipinski definition) is 9. The number of nitrogens with zero attached hydrogens (tertiary/aromatic N) is 5. The molecule has 40 heavy (non-hydrogen) atoms. The smallest absolute Gasteiger partial charge is 0.416 e. The molecule has 1 aliphatic carbocycles. The number of halogens is 4. The van der Waals surface area contributed by atoms with Gasteiger partial charge >= 0.3 is 12.6 Å². The molecule has 214 valence electrons. The summed E-state index contributed by atoms with van der Waals surface area (Å²) in [5, 5.41) is -0.104. The van der Waals surface area contributed by atoms with Crippen LogP contribution in [0, 0.1) is 0 Å². The molecule has 3 atom stereocenters. The van der Waals surface area contributed by atoms with E-state index in [1.165, 1.54) is 24.4 Å². The van der Waals surface area contributed by atoms with Gasteiger partial charge in [0.15, 0.2) is 5.82 Å². The number of ether oxygens (including phenoxy) is 1. The number of alkyl halides is 3. The van der Waals surface area contributed by atoms with Gasteiger partial charge in [0.1, 0.15) is 22.3 Å². The molecule has 3 aromatic rings. The van der Waals surface area contributed by atoms with E-state index in [0.29, 0.717) is 29.3 Å². The van der Waals surface area contributed by atoms with Gasteiger partial charge in [0, 0.05) is 18.3 Å². The fourth-order valence-corrected chi connectivity index (χ4v) is 6.03. The molecule has 2 heterocycles. The third-order valence-electron chi connectivity index (χ3n) is 6.56. The molecule has 1 fully saturated rings. The first-order chi connectivity index (χ1) is 18.9. The third kappa shape index (κ3) is 6.45. The SMILES string of the molecule is CN(C)[C@H]1C[C@@H](c2cccc(C(F)(F)F)c2)CC[C@@H]1Oc1ncc(S(=O)(=O)N(OC=O)c2ccncn2)cc1Cl. The molecule has 15 heteroatoms. The van der Waals surface area contributed by atoms with Crippen LogP contribution in [0.1, 0.15) is 36.3 Å². The second-order valence-corrected chi connectivity index (χ2v) is 11.4. The van der Waals surface area contributed by atoms with Crippen LogP contribution < -0.4 is 9.21 Å². The zero-order chi connectivity index (χ0) is 29.1. The number of likely N-dealkylation sites (N-methyl/N-ethyl adjacent to an activating group) is 1. The van der Waals surface area contributed by atoms with E-state index in [0.717, 1.165) is 24.7 Å². The predicted molar refractivity (Wildman–Crippen MR) is 138 cm³/mol. The fraction of sp³-hybridized carbons (Fsp3) is 0.360. The standard InChI is InChI=1S/C25H25ClF3N5O5S/c1-33(2)21-11-17(16-4-3-5-18(10-16)25(27,28)29)6-7-22(21)39-24-20(26)12-19(13-31-24)40(36,37)34(38-15-35)23-8-9-30-14-32-23/h3-5,8-10,12-15,17,21-22H,6-7,11H2,1-2H3/t17-,21-,22-/m0/s1. The van der Waals surface area contributed by atoms with Crippen molar-refractivity contribution in [1.82, 2.24) is 19.9 Å². The number of carbonyl (C=O) groups excluding carboxylic acids is 1. The minimum absolute atomic E-state index is 0.0140. The number of anilines is 1. The minimum atomic E-state index is -4.47. The summed E-state index contributed by atoms with van der Waals surface area (Å²) in [6.45, 7) is -0.0662. The minimum Gasteiger partial charge on any atom is -0.472 e. The molecule has 1 aliphatic rings. The van der Waals surface area contributed by atoms with Crippen LogP contribution in [0.5, 0.6) is 5.88 Å². The summed E-state index contributed by atoms with van der Waals surface area (Å²) in [4.78, 5) is 28.8. The van der Waals surface area contributed by atoms with E-state index < -0.39 is 27.9 Å². The molecule has 2 aromatic heterocycles. The normalized spacial score (nSPS) is 19.7. The molecule has 0 radical (unpaired) electrons. The predicted octanol–water partition coefficient (Wildman–Crippen LogP) is 4.47. The number of aromatic nitrogens is 3. The highest BCUT2D eigenvalue weighted by atomic mass is 35.5. The summed E-state index contributed by atoms with van der Waals surface area (Å²) >= 11 is 6.37. The maximum Gasteiger partial charge on any atom is 0.416 e. The van der Waals surface area contributed by atoms with Gasteiger partial charge in [0.05, 0.1) is 11.8 Å². The van der Waals surface area contributed by atoms with E-state index in [4.69, 9.17) is 16.3 Å². The van der Waals surface area contributed by atoms with Gasteiger partial charge in [-0.2, -0.15) is 21.6 Å². The Labute approximate surface area is 233 Å². The lowest BCUT2D eigenvalue weighted by molar-refractivity contribution is -0.137. The molecular weight excluding hydrogens is 575 g/mol. The van der Waals surface area contributed by atoms with Crippen molar-refractivity contribution in [2.45, 2.75) is 48.4 Å². The number of hydrogen-bond donors (Lipinski definition) is 0. The van der Waals surface area contributed by atoms with Gasteiger partial charge in [-0.05, 0) is 57.0 Å². The van der Waals surface area contributed by atoms with Crippen molar-refractivity contribution in [3.63, 3.8) is 0 Å². The molecule has 0 unspecified atom stereocenters. The largest absolute Gasteiger partial charge is 0.472 e. The van der Waals surface area contributed by atoms with Crippen LogP contribution in [0.25, 0.3) is 0 Å². The molecule has 1 aromatic carbocycles. The number of sulfonamides is 1. The lowest BCUT2D eigenvalue weighted by Crippen LogP contribution is -2.46. The average Bonchev–Trinajstić information content (AvgIpc) is 2.92. The third-order valence-corrected chi connectivity index (χ3v) is 8.36. The highest BCUT2D eigenvalue weighted by Crippen LogP contribution is 2.39. The van der Waals surface area contributed by atoms with E-state index in [1.54, 1.807) is 6.07 Å². The van der Waals surface area contributed by atoms with Crippen LogP contribution in [-0.4, -0.2) is 61.0 Å². The molecule has 0 N–H and O–H groups in total. The highest BCUT2D eigenvalue weighted by Gasteiger charge is 2.37. The van der Waals surface area contributed by atoms with Gasteiger partial charge < -0.3 is 14.5 Å². The van der Waals surface area contributed by atoms with Crippen molar-refractivity contribution in [2.75, 3.05) is 18.6 Å². The summed E-state index contributed by atoms with van der Waals surface area (Å²) < 4.78 is 72.4. The Morgan fingerprint density at radius 2 is 1.90 bits per heavy atom. The van der Waals surface area contributed by atoms with Crippen LogP contribution in [0.2, 0.25) is 5.02 Å². The summed E-state index contributed by atoms with van der Waals surface area (Å²) in [6, 6.07) is 7.50. The summed E-state index contributed by atoms with van der Waals surface area (Å²) in [5.41, 5.74) is -0.0794. The van der Waals surface area contributed by atoms with Gasteiger partial charge in [-0.25, -0.2) is 15.0 Å². The second-order valence-electron chi connectivity index (χ2n) is 9.28. The zero-order valence-electron chi connectivity index (χ0n) is 21.3. The van der Waals surface area contributed by atoms with Crippen LogP contribution in [0.15, 0.2) is 60.0 Å². The van der Waals surface area contributed by atoms with E-state index in [2.05, 4.69) is 19.8 Å². The summed E-state index contributed by atoms with van der Waals surface area (Å²) in [5.74, 6) is -0.346. The van der Waals surface area contributed by atoms with Crippen molar-refractivity contribution in [3.8, 4) is 5.88 Å². The van der Waals surface area contributed by atoms with Crippen molar-refractivity contribution in [3.05, 3.63) is 71.3 Å². The Kier molecular flexibility index (Phi) is 8.80. The Morgan fingerprint density at radius 1 is 1.12 bits per heavy atom. The number of carbonyl (C=O) groups is 1. The van der Waals surface area contributed by atoms with Crippen molar-refractivity contribution in [1.29, 1.82) is 0 Å². The molecule has 0 bridgehead atoms. The van der Waals surface area contributed by atoms with Gasteiger partial charge in [0.25, 0.3) is 10.0 Å². The molecule has 10 nitrogen and oxygen atoms in total. The van der Waals surface area contributed by atoms with E-state index in [9.17, 15) is 26.4 Å². The average molecular weight is 600 g/mol. The quantitative estimate of drug-likeness (QED) is 0.259. The van der Waals surface area contributed by atoms with E-state index in [-0.39, 0.29) is 40.0 Å². The van der Waals surface area contributed by atoms with Crippen molar-refractivity contribution < 1.29 is 36.0 Å². The second kappa shape index (κ2) is 11.9. The lowest BCUT2D eigenvalue weighted by Gasteiger charge is -2.39. The molecule has 1 saturated carbocycles. The van der Waals surface area contributed by atoms with Gasteiger partial charge in [-0.1, -0.05) is 34.3 Å². The topological polar surface area (TPSA) is 115 Å². The van der Waals surface area contributed by atoms with Crippen LogP contribution in [-0.2, 0) is 25.8 Å². The molecule has 0 aliphatic heterocycles. The molecule has 0 saturated heterocycles. The maximum absolute atomic E-state index is 13.2. The molecular formula is C25H25ClF3N5O5S. The first-order valence-corrected chi connectivity index (χ1v) is 13.8. The van der Waals surface area contributed by atoms with Gasteiger partial charge in [0.2, 0.25) is 5.88 Å². The number of pyridine rings is 1. The van der Waals surface area contributed by atoms with Crippen LogP contribution in [0.4, 0.5) is 19.0 Å². The highest BCUT2D eigenvalue weighted by molar-refractivity contribution is 7.92. The van der Waals surface area contributed by atoms with Gasteiger partial charge in [-0.3, -0.25) is 4.79 Å². The van der Waals surface area contributed by atoms with Gasteiger partial charge in [-0.15, -0.1) is 0 Å². The van der Waals surface area contributed by atoms with Crippen LogP contribution >= 0.6 is 11.6 Å². The first kappa shape index (κ1) is 29.5. The van der Waals surface area contributed by atoms with E-state index in [1.807, 2.05) is 19.0 Å². The van der Waals surface area contributed by atoms with Crippen molar-refractivity contribution in [2.24, 2.45) is 0 Å². The first-order valence-electron chi connectivity index (χ1n) is 12.0. The molecule has 4 rings (SSSR count). The van der Waals surface area contributed by atoms with Crippen molar-refractivity contribution >= 4 is 33.9 Å². The number of rotatable bonds is 9. The zero-order valence-corrected chi connectivity index (χ0v) is 22.9.